The Kier molecular flexibility index (Phi) is 6.53. The zero-order valence-corrected chi connectivity index (χ0v) is 17.5. The van der Waals surface area contributed by atoms with Gasteiger partial charge in [-0.2, -0.15) is 0 Å². The van der Waals surface area contributed by atoms with E-state index in [9.17, 15) is 14.7 Å². The number of carboxylic acid groups (broad SMARTS) is 1. The van der Waals surface area contributed by atoms with Gasteiger partial charge in [-0.15, -0.1) is 0 Å². The number of nitrogens with zero attached hydrogens (tertiary/aromatic N) is 1. The summed E-state index contributed by atoms with van der Waals surface area (Å²) in [7, 11) is 1.54. The zero-order valence-electron chi connectivity index (χ0n) is 15.7. The molecule has 0 aliphatic heterocycles. The molecule has 0 aliphatic rings. The van der Waals surface area contributed by atoms with E-state index < -0.39 is 5.97 Å². The first-order valence-corrected chi connectivity index (χ1v) is 8.00. The summed E-state index contributed by atoms with van der Waals surface area (Å²) in [6, 6.07) is 11.9. The van der Waals surface area contributed by atoms with Gasteiger partial charge in [0, 0.05) is 21.7 Å². The van der Waals surface area contributed by atoms with Crippen molar-refractivity contribution in [1.82, 2.24) is 4.57 Å². The van der Waals surface area contributed by atoms with Crippen LogP contribution in [-0.2, 0) is 11.2 Å². The number of carboxylic acids is 1. The Labute approximate surface area is 179 Å². The molecule has 0 atom stereocenters. The molecule has 3 aromatic rings. The summed E-state index contributed by atoms with van der Waals surface area (Å²) in [5.74, 6) is -0.583. The summed E-state index contributed by atoms with van der Waals surface area (Å²) in [6.45, 7) is 1.75. The van der Waals surface area contributed by atoms with Crippen molar-refractivity contribution >= 4 is 34.4 Å². The van der Waals surface area contributed by atoms with E-state index in [1.165, 1.54) is 4.57 Å². The zero-order chi connectivity index (χ0) is 18.1. The number of aromatic nitrogens is 1. The average molecular weight is 382 g/mol. The van der Waals surface area contributed by atoms with Crippen LogP contribution in [0.2, 0.25) is 5.02 Å². The van der Waals surface area contributed by atoms with Gasteiger partial charge in [-0.3, -0.25) is 14.2 Å². The van der Waals surface area contributed by atoms with Crippen molar-refractivity contribution in [1.29, 1.82) is 0 Å². The van der Waals surface area contributed by atoms with Crippen molar-refractivity contribution in [2.75, 3.05) is 7.11 Å². The molecule has 0 unspecified atom stereocenters. The number of hydrogen-bond acceptors (Lipinski definition) is 3. The largest absolute Gasteiger partial charge is 1.00 e. The van der Waals surface area contributed by atoms with Crippen LogP contribution >= 0.6 is 11.6 Å². The van der Waals surface area contributed by atoms with E-state index >= 15 is 0 Å². The summed E-state index contributed by atoms with van der Waals surface area (Å²) < 4.78 is 6.77. The first-order valence-electron chi connectivity index (χ1n) is 7.62. The van der Waals surface area contributed by atoms with Gasteiger partial charge in [-0.1, -0.05) is 11.6 Å². The van der Waals surface area contributed by atoms with Crippen LogP contribution in [0, 0.1) is 6.92 Å². The number of ether oxygens (including phenoxy) is 1. The van der Waals surface area contributed by atoms with E-state index in [4.69, 9.17) is 16.3 Å². The van der Waals surface area contributed by atoms with Gasteiger partial charge < -0.3 is 11.3 Å². The summed E-state index contributed by atoms with van der Waals surface area (Å²) in [5, 5.41) is 10.5. The summed E-state index contributed by atoms with van der Waals surface area (Å²) in [5.41, 5.74) is 2.32. The van der Waals surface area contributed by atoms with Gasteiger partial charge in [0.15, 0.2) is 0 Å². The number of carbonyl (C=O) groups excluding carboxylic acids is 1. The van der Waals surface area contributed by atoms with Gasteiger partial charge in [-0.25, -0.2) is 0 Å². The third kappa shape index (κ3) is 3.81. The summed E-state index contributed by atoms with van der Waals surface area (Å²) in [6.07, 6.45) is -0.170. The van der Waals surface area contributed by atoms with E-state index in [2.05, 4.69) is 0 Å². The predicted molar refractivity (Wildman–Crippen MR) is 96.9 cm³/mol. The second kappa shape index (κ2) is 8.27. The fourth-order valence-corrected chi connectivity index (χ4v) is 3.07. The molecule has 0 radical (unpaired) electrons. The van der Waals surface area contributed by atoms with E-state index in [1.807, 2.05) is 0 Å². The molecule has 3 rings (SSSR count). The minimum atomic E-state index is -0.955. The molecule has 0 saturated carbocycles. The minimum Gasteiger partial charge on any atom is -1.00 e. The normalized spacial score (nSPS) is 10.4. The van der Waals surface area contributed by atoms with Crippen LogP contribution in [0.25, 0.3) is 10.9 Å². The number of rotatable bonds is 4. The van der Waals surface area contributed by atoms with Crippen LogP contribution in [-0.4, -0.2) is 28.7 Å². The van der Waals surface area contributed by atoms with E-state index in [-0.39, 0.29) is 43.3 Å². The predicted octanol–water partition coefficient (Wildman–Crippen LogP) is 1.04. The fourth-order valence-electron chi connectivity index (χ4n) is 2.95. The van der Waals surface area contributed by atoms with Crippen LogP contribution in [0.15, 0.2) is 42.5 Å². The number of benzene rings is 2. The van der Waals surface area contributed by atoms with Crippen molar-refractivity contribution < 1.29 is 50.4 Å². The molecule has 0 spiro atoms. The Morgan fingerprint density at radius 1 is 1.19 bits per heavy atom. The maximum atomic E-state index is 13.0. The van der Waals surface area contributed by atoms with Crippen LogP contribution in [0.1, 0.15) is 23.0 Å². The van der Waals surface area contributed by atoms with Gasteiger partial charge in [-0.05, 0) is 55.0 Å². The van der Waals surface area contributed by atoms with Crippen molar-refractivity contribution in [3.05, 3.63) is 64.3 Å². The molecule has 7 heteroatoms. The monoisotopic (exact) mass is 381 g/mol. The number of hydrogen-bond donors (Lipinski definition) is 1. The first kappa shape index (κ1) is 20.5. The number of carbonyl (C=O) groups is 2. The Morgan fingerprint density at radius 3 is 2.42 bits per heavy atom. The number of halogens is 1. The second-order valence-electron chi connectivity index (χ2n) is 5.67. The van der Waals surface area contributed by atoms with Crippen molar-refractivity contribution in [3.63, 3.8) is 0 Å². The molecular weight excluding hydrogens is 365 g/mol. The van der Waals surface area contributed by atoms with Crippen LogP contribution in [0.3, 0.4) is 0 Å². The molecule has 0 bridgehead atoms. The summed E-state index contributed by atoms with van der Waals surface area (Å²) in [4.78, 5) is 24.3. The van der Waals surface area contributed by atoms with E-state index in [1.54, 1.807) is 56.5 Å². The number of aliphatic carboxylic acids is 1. The number of methoxy groups -OCH3 is 1. The molecule has 0 fully saturated rings. The van der Waals surface area contributed by atoms with Crippen LogP contribution in [0.4, 0.5) is 0 Å². The molecule has 1 N–H and O–H groups in total. The van der Waals surface area contributed by atoms with Crippen LogP contribution < -0.4 is 34.3 Å². The minimum absolute atomic E-state index is 0. The molecular formula is C19H17ClNNaO4. The molecule has 130 valence electrons. The van der Waals surface area contributed by atoms with Gasteiger partial charge in [0.1, 0.15) is 5.75 Å². The molecule has 1 aromatic heterocycles. The molecule has 0 aliphatic carbocycles. The Bertz CT molecular complexity index is 986. The molecule has 26 heavy (non-hydrogen) atoms. The first-order chi connectivity index (χ1) is 11.9. The third-order valence-electron chi connectivity index (χ3n) is 4.16. The standard InChI is InChI=1S/C19H16ClNO4.Na.H/c1-11-15(10-18(22)23)16-9-14(25-2)7-8-17(16)21(11)19(24)12-3-5-13(20)6-4-12;;/h3-9H,10H2,1-2H3,(H,22,23);;/q;+1;-1. The maximum Gasteiger partial charge on any atom is 1.00 e. The van der Waals surface area contributed by atoms with Crippen molar-refractivity contribution in [2.45, 2.75) is 13.3 Å². The van der Waals surface area contributed by atoms with Gasteiger partial charge >= 0.3 is 35.5 Å². The van der Waals surface area contributed by atoms with Crippen LogP contribution in [0.5, 0.6) is 5.75 Å². The maximum absolute atomic E-state index is 13.0. The molecule has 0 saturated heterocycles. The Balaban J connectivity index is 0.00000182. The summed E-state index contributed by atoms with van der Waals surface area (Å²) >= 11 is 5.89. The van der Waals surface area contributed by atoms with Gasteiger partial charge in [0.2, 0.25) is 0 Å². The average Bonchev–Trinajstić information content (AvgIpc) is 2.86. The Hall–Kier alpha value is -1.79. The Morgan fingerprint density at radius 2 is 1.85 bits per heavy atom. The number of fused-ring (bicyclic) bond motifs is 1. The van der Waals surface area contributed by atoms with Gasteiger partial charge in [0.05, 0.1) is 19.0 Å². The molecule has 1 heterocycles. The van der Waals surface area contributed by atoms with Crippen molar-refractivity contribution in [2.24, 2.45) is 0 Å². The second-order valence-corrected chi connectivity index (χ2v) is 6.10. The third-order valence-corrected chi connectivity index (χ3v) is 4.42. The van der Waals surface area contributed by atoms with Crippen molar-refractivity contribution in [3.8, 4) is 5.75 Å². The smallest absolute Gasteiger partial charge is 1.00 e. The fraction of sp³-hybridized carbons (Fsp3) is 0.158. The van der Waals surface area contributed by atoms with Gasteiger partial charge in [0.25, 0.3) is 5.91 Å². The molecule has 0 amide bonds. The topological polar surface area (TPSA) is 68.5 Å². The van der Waals surface area contributed by atoms with E-state index in [0.717, 1.165) is 0 Å². The molecule has 2 aromatic carbocycles. The quantitative estimate of drug-likeness (QED) is 0.686. The van der Waals surface area contributed by atoms with E-state index in [0.29, 0.717) is 38.5 Å². The molecule has 5 nitrogen and oxygen atoms in total. The SMILES string of the molecule is COc1ccc2c(c1)c(CC(=O)O)c(C)n2C(=O)c1ccc(Cl)cc1.[H-].[Na+].